The largest absolute Gasteiger partial charge is 0.489 e. The summed E-state index contributed by atoms with van der Waals surface area (Å²) in [5.74, 6) is 0.354. The molecule has 1 saturated carbocycles. The molecule has 0 spiro atoms. The van der Waals surface area contributed by atoms with Crippen molar-refractivity contribution in [1.82, 2.24) is 10.6 Å². The van der Waals surface area contributed by atoms with Crippen molar-refractivity contribution in [3.63, 3.8) is 0 Å². The lowest BCUT2D eigenvalue weighted by Gasteiger charge is -2.12. The van der Waals surface area contributed by atoms with E-state index in [1.807, 2.05) is 6.92 Å². The Morgan fingerprint density at radius 3 is 2.74 bits per heavy atom. The van der Waals surface area contributed by atoms with Crippen LogP contribution in [0, 0.1) is 17.6 Å². The van der Waals surface area contributed by atoms with Gasteiger partial charge in [0.1, 0.15) is 12.4 Å². The highest BCUT2D eigenvalue weighted by molar-refractivity contribution is 14.0. The lowest BCUT2D eigenvalue weighted by Crippen LogP contribution is -2.39. The minimum Gasteiger partial charge on any atom is -0.489 e. The number of ether oxygens (including phenoxy) is 1. The molecular formula is C16H24F2IN3O. The molecule has 23 heavy (non-hydrogen) atoms. The van der Waals surface area contributed by atoms with Gasteiger partial charge in [-0.2, -0.15) is 0 Å². The van der Waals surface area contributed by atoms with Crippen molar-refractivity contribution >= 4 is 29.9 Å². The molecule has 130 valence electrons. The molecule has 2 rings (SSSR count). The lowest BCUT2D eigenvalue weighted by atomic mass is 10.3. The Bertz CT molecular complexity index is 510. The summed E-state index contributed by atoms with van der Waals surface area (Å²) in [4.78, 5) is 4.48. The first-order chi connectivity index (χ1) is 10.7. The molecule has 1 aromatic carbocycles. The van der Waals surface area contributed by atoms with E-state index in [-0.39, 0.29) is 36.3 Å². The molecule has 0 aromatic heterocycles. The zero-order valence-electron chi connectivity index (χ0n) is 13.3. The van der Waals surface area contributed by atoms with Crippen molar-refractivity contribution in [2.45, 2.75) is 26.2 Å². The molecule has 0 atom stereocenters. The number of hydrogen-bond donors (Lipinski definition) is 2. The third-order valence-corrected chi connectivity index (χ3v) is 3.39. The number of rotatable bonds is 8. The van der Waals surface area contributed by atoms with Crippen LogP contribution in [0.15, 0.2) is 23.2 Å². The molecule has 0 bridgehead atoms. The Hall–Kier alpha value is -1.12. The van der Waals surface area contributed by atoms with Crippen molar-refractivity contribution in [2.24, 2.45) is 10.9 Å². The van der Waals surface area contributed by atoms with Crippen LogP contribution in [0.2, 0.25) is 0 Å². The highest BCUT2D eigenvalue weighted by atomic mass is 127. The van der Waals surface area contributed by atoms with Crippen molar-refractivity contribution < 1.29 is 13.5 Å². The van der Waals surface area contributed by atoms with Crippen LogP contribution < -0.4 is 15.4 Å². The van der Waals surface area contributed by atoms with Gasteiger partial charge in [0.05, 0.1) is 6.54 Å². The molecule has 1 aromatic rings. The minimum atomic E-state index is -0.690. The molecule has 1 aliphatic rings. The maximum atomic E-state index is 13.4. The maximum absolute atomic E-state index is 13.4. The standard InChI is InChI=1S/C16H23F2N3O.HI/c1-2-19-16(20-8-7-12-3-4-12)21-9-10-22-15-6-5-13(17)11-14(15)18;/h5-6,11-12H,2-4,7-10H2,1H3,(H2,19,20,21);1H. The van der Waals surface area contributed by atoms with Gasteiger partial charge >= 0.3 is 0 Å². The second-order valence-electron chi connectivity index (χ2n) is 5.34. The van der Waals surface area contributed by atoms with Gasteiger partial charge in [-0.15, -0.1) is 24.0 Å². The second kappa shape index (κ2) is 10.6. The Balaban J connectivity index is 0.00000264. The fourth-order valence-corrected chi connectivity index (χ4v) is 2.03. The van der Waals surface area contributed by atoms with Gasteiger partial charge in [0, 0.05) is 19.2 Å². The summed E-state index contributed by atoms with van der Waals surface area (Å²) < 4.78 is 31.4. The van der Waals surface area contributed by atoms with E-state index in [9.17, 15) is 8.78 Å². The summed E-state index contributed by atoms with van der Waals surface area (Å²) in [5.41, 5.74) is 0. The minimum absolute atomic E-state index is 0. The van der Waals surface area contributed by atoms with Crippen molar-refractivity contribution in [2.75, 3.05) is 26.2 Å². The predicted octanol–water partition coefficient (Wildman–Crippen LogP) is 3.32. The van der Waals surface area contributed by atoms with Crippen LogP contribution in [0.5, 0.6) is 5.75 Å². The van der Waals surface area contributed by atoms with Gasteiger partial charge in [-0.25, -0.2) is 8.78 Å². The molecule has 0 unspecified atom stereocenters. The highest BCUT2D eigenvalue weighted by Gasteiger charge is 2.20. The molecule has 7 heteroatoms. The molecule has 0 radical (unpaired) electrons. The fourth-order valence-electron chi connectivity index (χ4n) is 2.03. The Kier molecular flexibility index (Phi) is 9.20. The zero-order chi connectivity index (χ0) is 15.8. The number of nitrogens with one attached hydrogen (secondary N) is 2. The molecule has 2 N–H and O–H groups in total. The summed E-state index contributed by atoms with van der Waals surface area (Å²) in [6.07, 6.45) is 3.79. The van der Waals surface area contributed by atoms with E-state index in [2.05, 4.69) is 15.6 Å². The maximum Gasteiger partial charge on any atom is 0.191 e. The van der Waals surface area contributed by atoms with Gasteiger partial charge in [0.15, 0.2) is 17.5 Å². The van der Waals surface area contributed by atoms with E-state index in [4.69, 9.17) is 4.74 Å². The molecule has 4 nitrogen and oxygen atoms in total. The lowest BCUT2D eigenvalue weighted by molar-refractivity contribution is 0.304. The quantitative estimate of drug-likeness (QED) is 0.283. The van der Waals surface area contributed by atoms with Crippen LogP contribution in [-0.4, -0.2) is 32.2 Å². The number of benzene rings is 1. The molecule has 0 amide bonds. The van der Waals surface area contributed by atoms with E-state index >= 15 is 0 Å². The monoisotopic (exact) mass is 439 g/mol. The van der Waals surface area contributed by atoms with E-state index in [1.54, 1.807) is 0 Å². The summed E-state index contributed by atoms with van der Waals surface area (Å²) in [7, 11) is 0. The van der Waals surface area contributed by atoms with Crippen LogP contribution in [0.4, 0.5) is 8.78 Å². The fraction of sp³-hybridized carbons (Fsp3) is 0.562. The molecule has 0 aliphatic heterocycles. The Labute approximate surface area is 153 Å². The summed E-state index contributed by atoms with van der Waals surface area (Å²) in [6.45, 7) is 4.36. The molecule has 0 heterocycles. The summed E-state index contributed by atoms with van der Waals surface area (Å²) in [5, 5.41) is 6.29. The predicted molar refractivity (Wildman–Crippen MR) is 98.6 cm³/mol. The van der Waals surface area contributed by atoms with Gasteiger partial charge in [0.2, 0.25) is 0 Å². The van der Waals surface area contributed by atoms with Crippen LogP contribution in [-0.2, 0) is 0 Å². The van der Waals surface area contributed by atoms with Crippen molar-refractivity contribution in [3.8, 4) is 5.75 Å². The van der Waals surface area contributed by atoms with E-state index in [0.29, 0.717) is 6.54 Å². The molecule has 1 aliphatic carbocycles. The Morgan fingerprint density at radius 2 is 2.09 bits per heavy atom. The summed E-state index contributed by atoms with van der Waals surface area (Å²) >= 11 is 0. The number of hydrogen-bond acceptors (Lipinski definition) is 2. The van der Waals surface area contributed by atoms with Crippen LogP contribution >= 0.6 is 24.0 Å². The van der Waals surface area contributed by atoms with Crippen LogP contribution in [0.3, 0.4) is 0 Å². The first kappa shape index (κ1) is 19.9. The van der Waals surface area contributed by atoms with Gasteiger partial charge < -0.3 is 15.4 Å². The highest BCUT2D eigenvalue weighted by Crippen LogP contribution is 2.32. The first-order valence-corrected chi connectivity index (χ1v) is 7.79. The number of halogens is 3. The third-order valence-electron chi connectivity index (χ3n) is 3.39. The number of guanidine groups is 1. The van der Waals surface area contributed by atoms with E-state index in [1.165, 1.54) is 25.0 Å². The average Bonchev–Trinajstić information content (AvgIpc) is 3.29. The van der Waals surface area contributed by atoms with Gasteiger partial charge in [-0.3, -0.25) is 4.99 Å². The molecule has 1 fully saturated rings. The Morgan fingerprint density at radius 1 is 1.30 bits per heavy atom. The van der Waals surface area contributed by atoms with E-state index in [0.717, 1.165) is 37.5 Å². The smallest absolute Gasteiger partial charge is 0.191 e. The number of nitrogens with zero attached hydrogens (tertiary/aromatic N) is 1. The average molecular weight is 439 g/mol. The van der Waals surface area contributed by atoms with Gasteiger partial charge in [0.25, 0.3) is 0 Å². The topological polar surface area (TPSA) is 45.7 Å². The number of aliphatic imine (C=N–C) groups is 1. The third kappa shape index (κ3) is 7.81. The second-order valence-corrected chi connectivity index (χ2v) is 5.34. The van der Waals surface area contributed by atoms with Crippen molar-refractivity contribution in [1.29, 1.82) is 0 Å². The first-order valence-electron chi connectivity index (χ1n) is 7.79. The van der Waals surface area contributed by atoms with Gasteiger partial charge in [-0.05, 0) is 31.4 Å². The van der Waals surface area contributed by atoms with Gasteiger partial charge in [-0.1, -0.05) is 12.8 Å². The van der Waals surface area contributed by atoms with Crippen LogP contribution in [0.1, 0.15) is 26.2 Å². The summed E-state index contributed by atoms with van der Waals surface area (Å²) in [6, 6.07) is 3.28. The molecular weight excluding hydrogens is 415 g/mol. The zero-order valence-corrected chi connectivity index (χ0v) is 15.6. The van der Waals surface area contributed by atoms with Crippen molar-refractivity contribution in [3.05, 3.63) is 29.8 Å². The van der Waals surface area contributed by atoms with E-state index < -0.39 is 11.6 Å². The normalized spacial score (nSPS) is 14.1. The molecule has 0 saturated heterocycles. The van der Waals surface area contributed by atoms with Crippen LogP contribution in [0.25, 0.3) is 0 Å². The SMILES string of the molecule is CCNC(=NCCC1CC1)NCCOc1ccc(F)cc1F.I.